The summed E-state index contributed by atoms with van der Waals surface area (Å²) in [7, 11) is 0. The van der Waals surface area contributed by atoms with E-state index in [1.54, 1.807) is 0 Å². The molecule has 1 atom stereocenters. The fourth-order valence-electron chi connectivity index (χ4n) is 4.76. The van der Waals surface area contributed by atoms with Gasteiger partial charge in [0, 0.05) is 32.8 Å². The van der Waals surface area contributed by atoms with Crippen molar-refractivity contribution in [3.8, 4) is 0 Å². The molecule has 0 aliphatic carbocycles. The van der Waals surface area contributed by atoms with Crippen molar-refractivity contribution in [2.75, 3.05) is 59.0 Å². The van der Waals surface area contributed by atoms with E-state index in [2.05, 4.69) is 29.0 Å². The first-order valence-electron chi connectivity index (χ1n) is 12.7. The lowest BCUT2D eigenvalue weighted by Gasteiger charge is -2.35. The van der Waals surface area contributed by atoms with Gasteiger partial charge in [0.25, 0.3) is 0 Å². The second-order valence-electron chi connectivity index (χ2n) is 9.48. The molecule has 3 aliphatic rings. The molecule has 30 heavy (non-hydrogen) atoms. The number of ether oxygens (including phenoxy) is 2. The normalized spacial score (nSPS) is 25.6. The Morgan fingerprint density at radius 3 is 2.53 bits per heavy atom. The van der Waals surface area contributed by atoms with Crippen LogP contribution in [0.4, 0.5) is 0 Å². The molecule has 0 amide bonds. The zero-order valence-corrected chi connectivity index (χ0v) is 19.6. The molecule has 0 aromatic rings. The van der Waals surface area contributed by atoms with Crippen LogP contribution in [0.5, 0.6) is 0 Å². The molecule has 1 N–H and O–H groups in total. The van der Waals surface area contributed by atoms with Crippen molar-refractivity contribution in [1.82, 2.24) is 15.1 Å². The first-order valence-corrected chi connectivity index (χ1v) is 12.7. The summed E-state index contributed by atoms with van der Waals surface area (Å²) in [6.07, 6.45) is 11.7. The lowest BCUT2D eigenvalue weighted by molar-refractivity contribution is -0.0721. The van der Waals surface area contributed by atoms with E-state index in [0.717, 1.165) is 70.5 Å². The standard InChI is InChI=1S/C24H46N4O2/c1-3-25-24(26-13-5-6-14-27-15-9-21(2)10-16-27)28-17-11-22(12-18-28)30-20-23-8-4-7-19-29-23/h21-23H,3-20H2,1-2H3,(H,25,26). The number of likely N-dealkylation sites (tertiary alicyclic amines) is 2. The van der Waals surface area contributed by atoms with Crippen molar-refractivity contribution in [3.63, 3.8) is 0 Å². The molecule has 3 heterocycles. The summed E-state index contributed by atoms with van der Waals surface area (Å²) in [5, 5.41) is 3.50. The fourth-order valence-corrected chi connectivity index (χ4v) is 4.76. The number of nitrogens with one attached hydrogen (secondary N) is 1. The van der Waals surface area contributed by atoms with Crippen LogP contribution in [0, 0.1) is 5.92 Å². The van der Waals surface area contributed by atoms with Gasteiger partial charge in [0.15, 0.2) is 5.96 Å². The van der Waals surface area contributed by atoms with Gasteiger partial charge < -0.3 is 24.6 Å². The Morgan fingerprint density at radius 2 is 1.83 bits per heavy atom. The monoisotopic (exact) mass is 422 g/mol. The van der Waals surface area contributed by atoms with Crippen molar-refractivity contribution in [2.24, 2.45) is 10.9 Å². The van der Waals surface area contributed by atoms with Crippen LogP contribution in [-0.2, 0) is 9.47 Å². The molecule has 6 nitrogen and oxygen atoms in total. The van der Waals surface area contributed by atoms with Gasteiger partial charge in [-0.25, -0.2) is 0 Å². The molecule has 0 aromatic heterocycles. The zero-order valence-electron chi connectivity index (χ0n) is 19.6. The Morgan fingerprint density at radius 1 is 1.03 bits per heavy atom. The second kappa shape index (κ2) is 13.5. The van der Waals surface area contributed by atoms with Crippen LogP contribution in [0.3, 0.4) is 0 Å². The quantitative estimate of drug-likeness (QED) is 0.350. The Bertz CT molecular complexity index is 480. The fraction of sp³-hybridized carbons (Fsp3) is 0.958. The van der Waals surface area contributed by atoms with Crippen LogP contribution in [-0.4, -0.2) is 87.0 Å². The van der Waals surface area contributed by atoms with Crippen molar-refractivity contribution in [2.45, 2.75) is 83.8 Å². The van der Waals surface area contributed by atoms with Gasteiger partial charge in [-0.2, -0.15) is 0 Å². The predicted molar refractivity (Wildman–Crippen MR) is 124 cm³/mol. The first kappa shape index (κ1) is 23.8. The molecule has 6 heteroatoms. The van der Waals surface area contributed by atoms with E-state index in [1.807, 2.05) is 0 Å². The molecule has 3 aliphatic heterocycles. The minimum Gasteiger partial charge on any atom is -0.376 e. The molecule has 3 rings (SSSR count). The van der Waals surface area contributed by atoms with Crippen molar-refractivity contribution in [3.05, 3.63) is 0 Å². The SMILES string of the molecule is CCNC(=NCCCCN1CCC(C)CC1)N1CCC(OCC2CCCCO2)CC1. The average molecular weight is 423 g/mol. The highest BCUT2D eigenvalue weighted by Gasteiger charge is 2.23. The molecular weight excluding hydrogens is 376 g/mol. The third-order valence-corrected chi connectivity index (χ3v) is 6.89. The van der Waals surface area contributed by atoms with Crippen LogP contribution in [0.15, 0.2) is 4.99 Å². The van der Waals surface area contributed by atoms with Crippen molar-refractivity contribution < 1.29 is 9.47 Å². The summed E-state index contributed by atoms with van der Waals surface area (Å²) in [5.41, 5.74) is 0. The first-order chi connectivity index (χ1) is 14.7. The molecule has 0 bridgehead atoms. The van der Waals surface area contributed by atoms with Gasteiger partial charge in [0.2, 0.25) is 0 Å². The maximum absolute atomic E-state index is 6.17. The van der Waals surface area contributed by atoms with Crippen LogP contribution >= 0.6 is 0 Å². The highest BCUT2D eigenvalue weighted by molar-refractivity contribution is 5.80. The lowest BCUT2D eigenvalue weighted by Crippen LogP contribution is -2.47. The van der Waals surface area contributed by atoms with E-state index in [1.165, 1.54) is 58.2 Å². The molecule has 1 unspecified atom stereocenters. The Hall–Kier alpha value is -0.850. The van der Waals surface area contributed by atoms with Crippen LogP contribution in [0.25, 0.3) is 0 Å². The van der Waals surface area contributed by atoms with Gasteiger partial charge in [-0.05, 0) is 90.3 Å². The second-order valence-corrected chi connectivity index (χ2v) is 9.48. The number of aliphatic imine (C=N–C) groups is 1. The summed E-state index contributed by atoms with van der Waals surface area (Å²) in [6.45, 7) is 14.0. The Balaban J connectivity index is 1.31. The summed E-state index contributed by atoms with van der Waals surface area (Å²) < 4.78 is 12.0. The Kier molecular flexibility index (Phi) is 10.7. The number of guanidine groups is 1. The van der Waals surface area contributed by atoms with E-state index in [0.29, 0.717) is 12.2 Å². The molecule has 0 aromatic carbocycles. The number of hydrogen-bond donors (Lipinski definition) is 1. The largest absolute Gasteiger partial charge is 0.376 e. The van der Waals surface area contributed by atoms with Gasteiger partial charge in [-0.15, -0.1) is 0 Å². The Labute approximate surface area is 184 Å². The van der Waals surface area contributed by atoms with E-state index < -0.39 is 0 Å². The highest BCUT2D eigenvalue weighted by atomic mass is 16.5. The predicted octanol–water partition coefficient (Wildman–Crippen LogP) is 3.51. The van der Waals surface area contributed by atoms with Crippen molar-refractivity contribution in [1.29, 1.82) is 0 Å². The summed E-state index contributed by atoms with van der Waals surface area (Å²) in [5.74, 6) is 2.02. The van der Waals surface area contributed by atoms with Gasteiger partial charge >= 0.3 is 0 Å². The molecule has 3 saturated heterocycles. The molecule has 0 radical (unpaired) electrons. The number of piperidine rings is 2. The maximum atomic E-state index is 6.17. The molecule has 3 fully saturated rings. The summed E-state index contributed by atoms with van der Waals surface area (Å²) in [4.78, 5) is 9.99. The van der Waals surface area contributed by atoms with Gasteiger partial charge in [-0.1, -0.05) is 6.92 Å². The van der Waals surface area contributed by atoms with E-state index in [-0.39, 0.29) is 0 Å². The minimum absolute atomic E-state index is 0.323. The zero-order chi connectivity index (χ0) is 21.0. The minimum atomic E-state index is 0.323. The van der Waals surface area contributed by atoms with E-state index >= 15 is 0 Å². The third kappa shape index (κ3) is 8.35. The number of nitrogens with zero attached hydrogens (tertiary/aromatic N) is 3. The topological polar surface area (TPSA) is 49.3 Å². The average Bonchev–Trinajstić information content (AvgIpc) is 2.79. The van der Waals surface area contributed by atoms with Crippen LogP contribution in [0.1, 0.15) is 71.6 Å². The molecule has 0 saturated carbocycles. The highest BCUT2D eigenvalue weighted by Crippen LogP contribution is 2.18. The van der Waals surface area contributed by atoms with Gasteiger partial charge in [-0.3, -0.25) is 4.99 Å². The summed E-state index contributed by atoms with van der Waals surface area (Å²) in [6, 6.07) is 0. The van der Waals surface area contributed by atoms with Crippen LogP contribution in [0.2, 0.25) is 0 Å². The smallest absolute Gasteiger partial charge is 0.193 e. The van der Waals surface area contributed by atoms with Crippen molar-refractivity contribution >= 4 is 5.96 Å². The third-order valence-electron chi connectivity index (χ3n) is 6.89. The van der Waals surface area contributed by atoms with Gasteiger partial charge in [0.1, 0.15) is 0 Å². The molecule has 174 valence electrons. The van der Waals surface area contributed by atoms with E-state index in [9.17, 15) is 0 Å². The van der Waals surface area contributed by atoms with Crippen LogP contribution < -0.4 is 5.32 Å². The number of rotatable bonds is 9. The molecular formula is C24H46N4O2. The number of unbranched alkanes of at least 4 members (excludes halogenated alkanes) is 1. The lowest BCUT2D eigenvalue weighted by atomic mass is 9.99. The molecule has 0 spiro atoms. The maximum Gasteiger partial charge on any atom is 0.193 e. The number of hydrogen-bond acceptors (Lipinski definition) is 4. The van der Waals surface area contributed by atoms with Gasteiger partial charge in [0.05, 0.1) is 18.8 Å². The summed E-state index contributed by atoms with van der Waals surface area (Å²) >= 11 is 0. The van der Waals surface area contributed by atoms with E-state index in [4.69, 9.17) is 14.5 Å².